The van der Waals surface area contributed by atoms with E-state index in [2.05, 4.69) is 11.4 Å². The predicted molar refractivity (Wildman–Crippen MR) is 80.9 cm³/mol. The predicted octanol–water partition coefficient (Wildman–Crippen LogP) is 3.81. The van der Waals surface area contributed by atoms with E-state index in [0.29, 0.717) is 10.0 Å². The molecule has 0 saturated carbocycles. The molecule has 2 aromatic rings. The van der Waals surface area contributed by atoms with Gasteiger partial charge in [-0.25, -0.2) is 0 Å². The van der Waals surface area contributed by atoms with Gasteiger partial charge in [0.15, 0.2) is 0 Å². The van der Waals surface area contributed by atoms with E-state index >= 15 is 0 Å². The molecule has 0 aromatic heterocycles. The number of nitrogens with one attached hydrogen (secondary N) is 1. The number of para-hydroxylation sites is 1. The third-order valence-corrected chi connectivity index (χ3v) is 4.15. The number of anilines is 1. The van der Waals surface area contributed by atoms with E-state index in [1.165, 1.54) is 5.56 Å². The molecule has 0 spiro atoms. The van der Waals surface area contributed by atoms with Crippen molar-refractivity contribution in [2.75, 3.05) is 12.3 Å². The Balaban J connectivity index is 2.15. The van der Waals surface area contributed by atoms with Crippen LogP contribution in [-0.2, 0) is 6.54 Å². The van der Waals surface area contributed by atoms with Gasteiger partial charge in [0.25, 0.3) is 0 Å². The SMILES string of the molecule is Nc1ccccc1C1CNCc2c(Cl)cc(Cl)cc21. The van der Waals surface area contributed by atoms with Crippen molar-refractivity contribution in [3.8, 4) is 0 Å². The normalized spacial score (nSPS) is 18.1. The average molecular weight is 293 g/mol. The first kappa shape index (κ1) is 12.8. The fourth-order valence-corrected chi connectivity index (χ4v) is 3.25. The third-order valence-electron chi connectivity index (χ3n) is 3.59. The van der Waals surface area contributed by atoms with Gasteiger partial charge in [-0.15, -0.1) is 0 Å². The summed E-state index contributed by atoms with van der Waals surface area (Å²) in [5, 5.41) is 4.78. The molecular formula is C15H14Cl2N2. The van der Waals surface area contributed by atoms with Gasteiger partial charge in [0.05, 0.1) is 0 Å². The lowest BCUT2D eigenvalue weighted by atomic mass is 9.85. The number of benzene rings is 2. The molecule has 0 fully saturated rings. The summed E-state index contributed by atoms with van der Waals surface area (Å²) >= 11 is 12.4. The molecular weight excluding hydrogens is 279 g/mol. The number of hydrogen-bond acceptors (Lipinski definition) is 2. The van der Waals surface area contributed by atoms with Crippen molar-refractivity contribution in [2.24, 2.45) is 0 Å². The second kappa shape index (κ2) is 5.04. The number of fused-ring (bicyclic) bond motifs is 1. The molecule has 1 heterocycles. The zero-order valence-corrected chi connectivity index (χ0v) is 11.8. The summed E-state index contributed by atoms with van der Waals surface area (Å²) in [6.07, 6.45) is 0. The molecule has 1 aliphatic rings. The molecule has 0 aliphatic carbocycles. The fraction of sp³-hybridized carbons (Fsp3) is 0.200. The Morgan fingerprint density at radius 2 is 1.89 bits per heavy atom. The quantitative estimate of drug-likeness (QED) is 0.785. The number of hydrogen-bond donors (Lipinski definition) is 2. The Morgan fingerprint density at radius 3 is 2.68 bits per heavy atom. The van der Waals surface area contributed by atoms with Crippen molar-refractivity contribution >= 4 is 28.9 Å². The minimum absolute atomic E-state index is 0.196. The highest BCUT2D eigenvalue weighted by molar-refractivity contribution is 6.35. The van der Waals surface area contributed by atoms with Gasteiger partial charge < -0.3 is 11.1 Å². The van der Waals surface area contributed by atoms with Crippen LogP contribution in [0.4, 0.5) is 5.69 Å². The Hall–Kier alpha value is -1.22. The van der Waals surface area contributed by atoms with Gasteiger partial charge in [-0.2, -0.15) is 0 Å². The first-order valence-corrected chi connectivity index (χ1v) is 6.95. The van der Waals surface area contributed by atoms with Gasteiger partial charge in [-0.1, -0.05) is 41.4 Å². The number of nitrogen functional groups attached to an aromatic ring is 1. The number of halogens is 2. The van der Waals surface area contributed by atoms with E-state index in [1.54, 1.807) is 6.07 Å². The van der Waals surface area contributed by atoms with E-state index in [-0.39, 0.29) is 5.92 Å². The molecule has 3 rings (SSSR count). The van der Waals surface area contributed by atoms with Gasteiger partial charge in [0.2, 0.25) is 0 Å². The Morgan fingerprint density at radius 1 is 1.11 bits per heavy atom. The van der Waals surface area contributed by atoms with Crippen LogP contribution in [0.3, 0.4) is 0 Å². The molecule has 0 radical (unpaired) electrons. The minimum Gasteiger partial charge on any atom is -0.398 e. The van der Waals surface area contributed by atoms with Gasteiger partial charge in [-0.05, 0) is 34.9 Å². The zero-order valence-electron chi connectivity index (χ0n) is 10.3. The number of rotatable bonds is 1. The summed E-state index contributed by atoms with van der Waals surface area (Å²) in [6, 6.07) is 11.7. The van der Waals surface area contributed by atoms with Crippen molar-refractivity contribution in [3.63, 3.8) is 0 Å². The van der Waals surface area contributed by atoms with Gasteiger partial charge in [0.1, 0.15) is 0 Å². The van der Waals surface area contributed by atoms with E-state index in [9.17, 15) is 0 Å². The van der Waals surface area contributed by atoms with Crippen molar-refractivity contribution in [3.05, 3.63) is 63.1 Å². The molecule has 3 N–H and O–H groups in total. The van der Waals surface area contributed by atoms with Crippen LogP contribution in [0, 0.1) is 0 Å². The molecule has 0 amide bonds. The first-order chi connectivity index (χ1) is 9.16. The summed E-state index contributed by atoms with van der Waals surface area (Å²) in [6.45, 7) is 1.62. The van der Waals surface area contributed by atoms with Crippen LogP contribution in [0.15, 0.2) is 36.4 Å². The van der Waals surface area contributed by atoms with E-state index in [4.69, 9.17) is 28.9 Å². The Labute approximate surface area is 122 Å². The maximum Gasteiger partial charge on any atom is 0.0468 e. The van der Waals surface area contributed by atoms with Crippen molar-refractivity contribution in [1.82, 2.24) is 5.32 Å². The summed E-state index contributed by atoms with van der Waals surface area (Å²) in [5.41, 5.74) is 10.3. The molecule has 2 nitrogen and oxygen atoms in total. The highest BCUT2D eigenvalue weighted by Crippen LogP contribution is 2.37. The smallest absolute Gasteiger partial charge is 0.0468 e. The summed E-state index contributed by atoms with van der Waals surface area (Å²) < 4.78 is 0. The summed E-state index contributed by atoms with van der Waals surface area (Å²) in [5.74, 6) is 0.196. The maximum atomic E-state index is 6.28. The van der Waals surface area contributed by atoms with Crippen LogP contribution in [-0.4, -0.2) is 6.54 Å². The molecule has 0 bridgehead atoms. The van der Waals surface area contributed by atoms with Crippen LogP contribution in [0.1, 0.15) is 22.6 Å². The standard InChI is InChI=1S/C15H14Cl2N2/c16-9-5-11-12(10-3-1-2-4-15(10)18)7-19-8-13(11)14(17)6-9/h1-6,12,19H,7-8,18H2. The molecule has 98 valence electrons. The lowest BCUT2D eigenvalue weighted by Gasteiger charge is -2.28. The summed E-state index contributed by atoms with van der Waals surface area (Å²) in [4.78, 5) is 0. The molecule has 1 aliphatic heterocycles. The topological polar surface area (TPSA) is 38.0 Å². The molecule has 0 saturated heterocycles. The maximum absolute atomic E-state index is 6.28. The van der Waals surface area contributed by atoms with Crippen molar-refractivity contribution in [1.29, 1.82) is 0 Å². The Bertz CT molecular complexity index is 626. The van der Waals surface area contributed by atoms with Crippen molar-refractivity contribution < 1.29 is 0 Å². The van der Waals surface area contributed by atoms with Crippen LogP contribution in [0.25, 0.3) is 0 Å². The average Bonchev–Trinajstić information content (AvgIpc) is 2.39. The highest BCUT2D eigenvalue weighted by atomic mass is 35.5. The highest BCUT2D eigenvalue weighted by Gasteiger charge is 2.25. The second-order valence-electron chi connectivity index (χ2n) is 4.77. The van der Waals surface area contributed by atoms with E-state index in [1.807, 2.05) is 24.3 Å². The zero-order chi connectivity index (χ0) is 13.4. The molecule has 4 heteroatoms. The lowest BCUT2D eigenvalue weighted by Crippen LogP contribution is -2.29. The van der Waals surface area contributed by atoms with Gasteiger partial charge >= 0.3 is 0 Å². The first-order valence-electron chi connectivity index (χ1n) is 6.19. The molecule has 1 unspecified atom stereocenters. The van der Waals surface area contributed by atoms with Crippen LogP contribution in [0.2, 0.25) is 10.0 Å². The van der Waals surface area contributed by atoms with Gasteiger partial charge in [-0.3, -0.25) is 0 Å². The lowest BCUT2D eigenvalue weighted by molar-refractivity contribution is 0.592. The third kappa shape index (κ3) is 2.32. The number of nitrogens with two attached hydrogens (primary N) is 1. The largest absolute Gasteiger partial charge is 0.398 e. The monoisotopic (exact) mass is 292 g/mol. The molecule has 19 heavy (non-hydrogen) atoms. The van der Waals surface area contributed by atoms with E-state index < -0.39 is 0 Å². The molecule has 2 aromatic carbocycles. The van der Waals surface area contributed by atoms with Crippen LogP contribution in [0.5, 0.6) is 0 Å². The fourth-order valence-electron chi connectivity index (χ4n) is 2.68. The van der Waals surface area contributed by atoms with Crippen molar-refractivity contribution in [2.45, 2.75) is 12.5 Å². The second-order valence-corrected chi connectivity index (χ2v) is 5.61. The van der Waals surface area contributed by atoms with Crippen LogP contribution < -0.4 is 11.1 Å². The molecule has 1 atom stereocenters. The Kier molecular flexibility index (Phi) is 3.40. The summed E-state index contributed by atoms with van der Waals surface area (Å²) in [7, 11) is 0. The minimum atomic E-state index is 0.196. The van der Waals surface area contributed by atoms with Crippen LogP contribution >= 0.6 is 23.2 Å². The van der Waals surface area contributed by atoms with Gasteiger partial charge in [0, 0.05) is 34.7 Å². The van der Waals surface area contributed by atoms with E-state index in [0.717, 1.165) is 29.9 Å².